The van der Waals surface area contributed by atoms with E-state index in [1.54, 1.807) is 0 Å². The van der Waals surface area contributed by atoms with Gasteiger partial charge in [0.1, 0.15) is 0 Å². The van der Waals surface area contributed by atoms with Crippen LogP contribution in [0.1, 0.15) is 49.8 Å². The van der Waals surface area contributed by atoms with Gasteiger partial charge in [0.2, 0.25) is 0 Å². The lowest BCUT2D eigenvalue weighted by molar-refractivity contribution is 0.00101. The molecular weight excluding hydrogens is 439 g/mol. The van der Waals surface area contributed by atoms with E-state index in [9.17, 15) is 0 Å². The van der Waals surface area contributed by atoms with Gasteiger partial charge in [-0.3, -0.25) is 9.98 Å². The molecule has 2 fully saturated rings. The van der Waals surface area contributed by atoms with Crippen LogP contribution in [0.3, 0.4) is 0 Å². The second-order valence-corrected chi connectivity index (χ2v) is 7.34. The first kappa shape index (κ1) is 21.4. The molecule has 0 bridgehead atoms. The number of ether oxygens (including phenoxy) is 1. The van der Waals surface area contributed by atoms with Gasteiger partial charge >= 0.3 is 0 Å². The summed E-state index contributed by atoms with van der Waals surface area (Å²) in [6, 6.07) is 4.07. The number of aromatic nitrogens is 1. The predicted octanol–water partition coefficient (Wildman–Crippen LogP) is 3.75. The molecular formula is C20H33IN4O. The van der Waals surface area contributed by atoms with Crippen LogP contribution in [0.4, 0.5) is 0 Å². The zero-order valence-electron chi connectivity index (χ0n) is 16.1. The van der Waals surface area contributed by atoms with Crippen LogP contribution < -0.4 is 5.32 Å². The van der Waals surface area contributed by atoms with Crippen LogP contribution >= 0.6 is 24.0 Å². The van der Waals surface area contributed by atoms with Crippen LogP contribution in [0.15, 0.2) is 23.3 Å². The zero-order chi connectivity index (χ0) is 17.5. The molecule has 2 aliphatic rings. The number of piperidine rings is 1. The molecule has 5 nitrogen and oxygen atoms in total. The number of nitrogens with zero attached hydrogens (tertiary/aromatic N) is 3. The number of hydrogen-bond donors (Lipinski definition) is 1. The van der Waals surface area contributed by atoms with Gasteiger partial charge in [-0.25, -0.2) is 0 Å². The van der Waals surface area contributed by atoms with Crippen LogP contribution in [0, 0.1) is 12.8 Å². The molecule has 1 N–H and O–H groups in total. The van der Waals surface area contributed by atoms with Crippen LogP contribution in [-0.2, 0) is 11.3 Å². The van der Waals surface area contributed by atoms with Crippen molar-refractivity contribution < 1.29 is 4.74 Å². The normalized spacial score (nSPS) is 19.5. The highest BCUT2D eigenvalue weighted by Crippen LogP contribution is 2.26. The topological polar surface area (TPSA) is 49.8 Å². The molecule has 0 spiro atoms. The van der Waals surface area contributed by atoms with E-state index in [0.29, 0.717) is 6.10 Å². The van der Waals surface area contributed by atoms with Crippen molar-refractivity contribution in [1.29, 1.82) is 0 Å². The Labute approximate surface area is 175 Å². The molecule has 2 heterocycles. The van der Waals surface area contributed by atoms with Gasteiger partial charge in [0.25, 0.3) is 0 Å². The van der Waals surface area contributed by atoms with Crippen LogP contribution in [0.2, 0.25) is 0 Å². The minimum atomic E-state index is 0. The molecule has 1 aliphatic carbocycles. The second-order valence-electron chi connectivity index (χ2n) is 7.34. The largest absolute Gasteiger partial charge is 0.378 e. The third-order valence-electron chi connectivity index (χ3n) is 5.53. The molecule has 146 valence electrons. The molecule has 3 rings (SSSR count). The maximum atomic E-state index is 6.18. The van der Waals surface area contributed by atoms with E-state index < -0.39 is 0 Å². The Bertz CT molecular complexity index is 567. The highest BCUT2D eigenvalue weighted by Gasteiger charge is 2.23. The monoisotopic (exact) mass is 472 g/mol. The first-order valence-corrected chi connectivity index (χ1v) is 9.74. The Balaban J connectivity index is 0.00000243. The van der Waals surface area contributed by atoms with Crippen LogP contribution in [0.5, 0.6) is 0 Å². The number of guanidine groups is 1. The molecule has 0 aromatic carbocycles. The SMILES string of the molecule is CN=C(NCc1ncccc1C)N1CCC(OCC2CCCC2)CC1.I. The van der Waals surface area contributed by atoms with Crippen molar-refractivity contribution in [2.24, 2.45) is 10.9 Å². The van der Waals surface area contributed by atoms with Crippen molar-refractivity contribution in [1.82, 2.24) is 15.2 Å². The van der Waals surface area contributed by atoms with Crippen molar-refractivity contribution in [3.05, 3.63) is 29.6 Å². The quantitative estimate of drug-likeness (QED) is 0.403. The third-order valence-corrected chi connectivity index (χ3v) is 5.53. The molecule has 0 unspecified atom stereocenters. The summed E-state index contributed by atoms with van der Waals surface area (Å²) in [5, 5.41) is 3.46. The molecule has 1 aromatic heterocycles. The Morgan fingerprint density at radius 2 is 2.00 bits per heavy atom. The highest BCUT2D eigenvalue weighted by molar-refractivity contribution is 14.0. The lowest BCUT2D eigenvalue weighted by atomic mass is 10.1. The van der Waals surface area contributed by atoms with Crippen molar-refractivity contribution >= 4 is 29.9 Å². The average molecular weight is 472 g/mol. The van der Waals surface area contributed by atoms with Gasteiger partial charge < -0.3 is 15.0 Å². The summed E-state index contributed by atoms with van der Waals surface area (Å²) in [5.41, 5.74) is 2.29. The maximum absolute atomic E-state index is 6.18. The summed E-state index contributed by atoms with van der Waals surface area (Å²) in [7, 11) is 1.86. The van der Waals surface area contributed by atoms with Crippen LogP contribution in [-0.4, -0.2) is 48.7 Å². The summed E-state index contributed by atoms with van der Waals surface area (Å²) < 4.78 is 6.18. The zero-order valence-corrected chi connectivity index (χ0v) is 18.4. The molecule has 26 heavy (non-hydrogen) atoms. The highest BCUT2D eigenvalue weighted by atomic mass is 127. The number of rotatable bonds is 5. The standard InChI is InChI=1S/C20H32N4O.HI/c1-16-6-5-11-22-19(16)14-23-20(21-2)24-12-9-18(10-13-24)25-15-17-7-3-4-8-17;/h5-6,11,17-18H,3-4,7-10,12-15H2,1-2H3,(H,21,23);1H. The van der Waals surface area contributed by atoms with Gasteiger partial charge in [-0.15, -0.1) is 24.0 Å². The average Bonchev–Trinajstić information content (AvgIpc) is 3.16. The fourth-order valence-electron chi connectivity index (χ4n) is 3.88. The summed E-state index contributed by atoms with van der Waals surface area (Å²) in [5.74, 6) is 1.79. The Morgan fingerprint density at radius 3 is 2.65 bits per heavy atom. The third kappa shape index (κ3) is 6.08. The Morgan fingerprint density at radius 1 is 1.27 bits per heavy atom. The minimum Gasteiger partial charge on any atom is -0.378 e. The Kier molecular flexibility index (Phi) is 9.11. The first-order valence-electron chi connectivity index (χ1n) is 9.74. The van der Waals surface area contributed by atoms with Gasteiger partial charge in [-0.1, -0.05) is 18.9 Å². The Hall–Kier alpha value is -0.890. The van der Waals surface area contributed by atoms with E-state index in [1.807, 2.05) is 19.3 Å². The second kappa shape index (κ2) is 11.1. The lowest BCUT2D eigenvalue weighted by Crippen LogP contribution is -2.47. The smallest absolute Gasteiger partial charge is 0.193 e. The predicted molar refractivity (Wildman–Crippen MR) is 117 cm³/mol. The summed E-state index contributed by atoms with van der Waals surface area (Å²) in [6.07, 6.45) is 9.97. The molecule has 1 aliphatic heterocycles. The van der Waals surface area contributed by atoms with Crippen molar-refractivity contribution in [2.45, 2.75) is 58.1 Å². The number of hydrogen-bond acceptors (Lipinski definition) is 3. The maximum Gasteiger partial charge on any atom is 0.193 e. The van der Waals surface area contributed by atoms with Gasteiger partial charge in [-0.2, -0.15) is 0 Å². The van der Waals surface area contributed by atoms with E-state index in [-0.39, 0.29) is 24.0 Å². The van der Waals surface area contributed by atoms with E-state index in [1.165, 1.54) is 31.2 Å². The summed E-state index contributed by atoms with van der Waals surface area (Å²) >= 11 is 0. The van der Waals surface area contributed by atoms with E-state index >= 15 is 0 Å². The number of aryl methyl sites for hydroxylation is 1. The minimum absolute atomic E-state index is 0. The summed E-state index contributed by atoms with van der Waals surface area (Å²) in [4.78, 5) is 11.2. The molecule has 0 amide bonds. The van der Waals surface area contributed by atoms with Crippen molar-refractivity contribution in [3.63, 3.8) is 0 Å². The number of likely N-dealkylation sites (tertiary alicyclic amines) is 1. The van der Waals surface area contributed by atoms with Crippen molar-refractivity contribution in [2.75, 3.05) is 26.7 Å². The molecule has 1 aromatic rings. The number of nitrogens with one attached hydrogen (secondary N) is 1. The van der Waals surface area contributed by atoms with Gasteiger partial charge in [0.15, 0.2) is 5.96 Å². The fourth-order valence-corrected chi connectivity index (χ4v) is 3.88. The van der Waals surface area contributed by atoms with E-state index in [4.69, 9.17) is 4.74 Å². The molecule has 0 atom stereocenters. The fraction of sp³-hybridized carbons (Fsp3) is 0.700. The van der Waals surface area contributed by atoms with E-state index in [2.05, 4.69) is 33.2 Å². The number of pyridine rings is 1. The van der Waals surface area contributed by atoms with Gasteiger partial charge in [-0.05, 0) is 50.2 Å². The van der Waals surface area contributed by atoms with Crippen molar-refractivity contribution in [3.8, 4) is 0 Å². The van der Waals surface area contributed by atoms with Crippen LogP contribution in [0.25, 0.3) is 0 Å². The molecule has 1 saturated heterocycles. The lowest BCUT2D eigenvalue weighted by Gasteiger charge is -2.34. The summed E-state index contributed by atoms with van der Waals surface area (Å²) in [6.45, 7) is 5.81. The molecule has 1 saturated carbocycles. The number of aliphatic imine (C=N–C) groups is 1. The van der Waals surface area contributed by atoms with Gasteiger partial charge in [0.05, 0.1) is 18.3 Å². The molecule has 6 heteroatoms. The van der Waals surface area contributed by atoms with Gasteiger partial charge in [0, 0.05) is 32.9 Å². The number of halogens is 1. The molecule has 0 radical (unpaired) electrons. The first-order chi connectivity index (χ1) is 12.3. The van der Waals surface area contributed by atoms with E-state index in [0.717, 1.165) is 56.7 Å².